The first-order valence-corrected chi connectivity index (χ1v) is 5.76. The Morgan fingerprint density at radius 2 is 2.18 bits per heavy atom. The first-order chi connectivity index (χ1) is 7.87. The lowest BCUT2D eigenvalue weighted by molar-refractivity contribution is -0.147. The molecule has 0 aromatic carbocycles. The highest BCUT2D eigenvalue weighted by Gasteiger charge is 2.44. The van der Waals surface area contributed by atoms with Crippen LogP contribution in [-0.2, 0) is 14.3 Å². The maximum Gasteiger partial charge on any atom is 0.331 e. The van der Waals surface area contributed by atoms with Crippen LogP contribution >= 0.6 is 0 Å². The number of ether oxygens (including phenoxy) is 1. The fourth-order valence-electron chi connectivity index (χ4n) is 1.83. The number of carbonyl (C=O) groups is 2. The van der Waals surface area contributed by atoms with Crippen LogP contribution in [0.25, 0.3) is 0 Å². The molecule has 0 radical (unpaired) electrons. The number of nitrogens with two attached hydrogens (primary N) is 1. The van der Waals surface area contributed by atoms with Gasteiger partial charge in [0.1, 0.15) is 0 Å². The lowest BCUT2D eigenvalue weighted by Gasteiger charge is -2.26. The van der Waals surface area contributed by atoms with Crippen molar-refractivity contribution in [1.82, 2.24) is 5.32 Å². The summed E-state index contributed by atoms with van der Waals surface area (Å²) in [5.41, 5.74) is 4.41. The van der Waals surface area contributed by atoms with E-state index in [4.69, 9.17) is 15.6 Å². The molecule has 17 heavy (non-hydrogen) atoms. The van der Waals surface area contributed by atoms with Crippen molar-refractivity contribution in [1.29, 1.82) is 0 Å². The summed E-state index contributed by atoms with van der Waals surface area (Å²) in [6.45, 7) is 4.26. The highest BCUT2D eigenvalue weighted by atomic mass is 16.5. The second-order valence-electron chi connectivity index (χ2n) is 4.92. The number of amides is 1. The predicted octanol–water partition coefficient (Wildman–Crippen LogP) is -0.280. The van der Waals surface area contributed by atoms with Crippen LogP contribution in [0.4, 0.5) is 0 Å². The van der Waals surface area contributed by atoms with E-state index in [1.54, 1.807) is 0 Å². The molecule has 6 heteroatoms. The summed E-state index contributed by atoms with van der Waals surface area (Å²) in [6.07, 6.45) is 0.810. The molecule has 2 atom stereocenters. The maximum atomic E-state index is 11.8. The van der Waals surface area contributed by atoms with Crippen LogP contribution in [0, 0.1) is 5.92 Å². The van der Waals surface area contributed by atoms with Gasteiger partial charge in [0, 0.05) is 13.0 Å². The van der Waals surface area contributed by atoms with Gasteiger partial charge in [-0.1, -0.05) is 13.8 Å². The van der Waals surface area contributed by atoms with E-state index in [1.807, 2.05) is 13.8 Å². The number of carbonyl (C=O) groups excluding carboxylic acids is 1. The third kappa shape index (κ3) is 3.41. The zero-order valence-corrected chi connectivity index (χ0v) is 10.2. The average Bonchev–Trinajstić information content (AvgIpc) is 2.66. The van der Waals surface area contributed by atoms with E-state index >= 15 is 0 Å². The molecule has 0 saturated carbocycles. The van der Waals surface area contributed by atoms with E-state index in [1.165, 1.54) is 0 Å². The summed E-state index contributed by atoms with van der Waals surface area (Å²) in [4.78, 5) is 23.0. The normalized spacial score (nSPS) is 25.9. The number of hydrogen-bond acceptors (Lipinski definition) is 4. The molecule has 2 unspecified atom stereocenters. The summed E-state index contributed by atoms with van der Waals surface area (Å²) >= 11 is 0. The first kappa shape index (κ1) is 13.9. The van der Waals surface area contributed by atoms with Gasteiger partial charge < -0.3 is 20.9 Å². The topological polar surface area (TPSA) is 102 Å². The first-order valence-electron chi connectivity index (χ1n) is 5.76. The number of rotatable bonds is 5. The fourth-order valence-corrected chi connectivity index (χ4v) is 1.83. The molecular weight excluding hydrogens is 224 g/mol. The summed E-state index contributed by atoms with van der Waals surface area (Å²) in [5.74, 6) is -1.21. The van der Waals surface area contributed by atoms with Gasteiger partial charge in [0.25, 0.3) is 0 Å². The molecule has 6 nitrogen and oxygen atoms in total. The number of carboxylic acid groups (broad SMARTS) is 1. The van der Waals surface area contributed by atoms with Crippen molar-refractivity contribution in [2.24, 2.45) is 11.7 Å². The smallest absolute Gasteiger partial charge is 0.331 e. The molecule has 1 heterocycles. The molecule has 0 aliphatic carbocycles. The molecule has 1 saturated heterocycles. The highest BCUT2D eigenvalue weighted by Crippen LogP contribution is 2.19. The second kappa shape index (κ2) is 5.46. The quantitative estimate of drug-likeness (QED) is 0.617. The SMILES string of the molecule is CC(C)CC(N)C(=O)NC1(C(=O)O)CCOC1. The molecule has 1 rings (SSSR count). The third-order valence-corrected chi connectivity index (χ3v) is 2.86. The summed E-state index contributed by atoms with van der Waals surface area (Å²) in [6, 6.07) is -0.674. The Morgan fingerprint density at radius 1 is 1.53 bits per heavy atom. The Bertz CT molecular complexity index is 298. The second-order valence-corrected chi connectivity index (χ2v) is 4.92. The largest absolute Gasteiger partial charge is 0.479 e. The Hall–Kier alpha value is -1.14. The van der Waals surface area contributed by atoms with Crippen LogP contribution in [0.3, 0.4) is 0 Å². The molecule has 0 spiro atoms. The van der Waals surface area contributed by atoms with Gasteiger partial charge in [-0.3, -0.25) is 4.79 Å². The Kier molecular flexibility index (Phi) is 4.47. The van der Waals surface area contributed by atoms with Crippen molar-refractivity contribution >= 4 is 11.9 Å². The standard InChI is InChI=1S/C11H20N2O4/c1-7(2)5-8(12)9(14)13-11(10(15)16)3-4-17-6-11/h7-8H,3-6,12H2,1-2H3,(H,13,14)(H,15,16). The Labute approximate surface area is 101 Å². The third-order valence-electron chi connectivity index (χ3n) is 2.86. The number of aliphatic carboxylic acids is 1. The number of hydrogen-bond donors (Lipinski definition) is 3. The lowest BCUT2D eigenvalue weighted by atomic mass is 9.97. The van der Waals surface area contributed by atoms with Crippen molar-refractivity contribution in [3.63, 3.8) is 0 Å². The van der Waals surface area contributed by atoms with Crippen LogP contribution in [0.15, 0.2) is 0 Å². The van der Waals surface area contributed by atoms with E-state index in [2.05, 4.69) is 5.32 Å². The van der Waals surface area contributed by atoms with Crippen LogP contribution in [0.2, 0.25) is 0 Å². The van der Waals surface area contributed by atoms with Crippen LogP contribution in [0.1, 0.15) is 26.7 Å². The molecule has 1 fully saturated rings. The predicted molar refractivity (Wildman–Crippen MR) is 61.4 cm³/mol. The monoisotopic (exact) mass is 244 g/mol. The highest BCUT2D eigenvalue weighted by molar-refractivity contribution is 5.89. The van der Waals surface area contributed by atoms with Gasteiger partial charge in [0.15, 0.2) is 5.54 Å². The Balaban J connectivity index is 2.62. The van der Waals surface area contributed by atoms with E-state index in [9.17, 15) is 9.59 Å². The van der Waals surface area contributed by atoms with Crippen LogP contribution < -0.4 is 11.1 Å². The van der Waals surface area contributed by atoms with Gasteiger partial charge in [-0.15, -0.1) is 0 Å². The van der Waals surface area contributed by atoms with Crippen LogP contribution in [0.5, 0.6) is 0 Å². The van der Waals surface area contributed by atoms with Gasteiger partial charge in [0.05, 0.1) is 12.6 Å². The van der Waals surface area contributed by atoms with Crippen molar-refractivity contribution < 1.29 is 19.4 Å². The lowest BCUT2D eigenvalue weighted by Crippen LogP contribution is -2.58. The van der Waals surface area contributed by atoms with Crippen molar-refractivity contribution in [3.8, 4) is 0 Å². The molecule has 1 aliphatic rings. The van der Waals surface area contributed by atoms with Gasteiger partial charge in [0.2, 0.25) is 5.91 Å². The van der Waals surface area contributed by atoms with Gasteiger partial charge in [-0.05, 0) is 12.3 Å². The molecule has 98 valence electrons. The van der Waals surface area contributed by atoms with Gasteiger partial charge in [-0.25, -0.2) is 4.79 Å². The minimum absolute atomic E-state index is 0.00245. The fraction of sp³-hybridized carbons (Fsp3) is 0.818. The number of nitrogens with one attached hydrogen (secondary N) is 1. The zero-order chi connectivity index (χ0) is 13.1. The van der Waals surface area contributed by atoms with Gasteiger partial charge >= 0.3 is 5.97 Å². The van der Waals surface area contributed by atoms with Crippen molar-refractivity contribution in [2.45, 2.75) is 38.3 Å². The molecule has 0 aromatic heterocycles. The zero-order valence-electron chi connectivity index (χ0n) is 10.2. The summed E-state index contributed by atoms with van der Waals surface area (Å²) in [5, 5.41) is 11.6. The van der Waals surface area contributed by atoms with Gasteiger partial charge in [-0.2, -0.15) is 0 Å². The molecular formula is C11H20N2O4. The molecule has 1 aliphatic heterocycles. The van der Waals surface area contributed by atoms with E-state index < -0.39 is 23.5 Å². The molecule has 1 amide bonds. The average molecular weight is 244 g/mol. The van der Waals surface area contributed by atoms with E-state index in [-0.39, 0.29) is 18.9 Å². The Morgan fingerprint density at radius 3 is 2.59 bits per heavy atom. The van der Waals surface area contributed by atoms with Crippen molar-refractivity contribution in [3.05, 3.63) is 0 Å². The minimum Gasteiger partial charge on any atom is -0.479 e. The summed E-state index contributed by atoms with van der Waals surface area (Å²) < 4.78 is 5.05. The maximum absolute atomic E-state index is 11.8. The minimum atomic E-state index is -1.30. The number of carboxylic acids is 1. The molecule has 0 aromatic rings. The molecule has 0 bridgehead atoms. The molecule has 4 N–H and O–H groups in total. The van der Waals surface area contributed by atoms with Crippen molar-refractivity contribution in [2.75, 3.05) is 13.2 Å². The summed E-state index contributed by atoms with van der Waals surface area (Å²) in [7, 11) is 0. The van der Waals surface area contributed by atoms with E-state index in [0.29, 0.717) is 13.0 Å². The van der Waals surface area contributed by atoms with E-state index in [0.717, 1.165) is 0 Å². The van der Waals surface area contributed by atoms with Crippen LogP contribution in [-0.4, -0.2) is 41.8 Å².